The number of halogens is 1. The lowest BCUT2D eigenvalue weighted by Crippen LogP contribution is -2.46. The van der Waals surface area contributed by atoms with Gasteiger partial charge in [0.2, 0.25) is 0 Å². The first kappa shape index (κ1) is 22.2. The van der Waals surface area contributed by atoms with Crippen molar-refractivity contribution in [3.8, 4) is 0 Å². The maximum absolute atomic E-state index is 12.8. The van der Waals surface area contributed by atoms with Crippen LogP contribution in [0, 0.1) is 5.92 Å². The number of nitrogens with zero attached hydrogens (tertiary/aromatic N) is 1. The van der Waals surface area contributed by atoms with Crippen molar-refractivity contribution in [2.75, 3.05) is 13.1 Å². The van der Waals surface area contributed by atoms with Crippen molar-refractivity contribution in [2.24, 2.45) is 5.92 Å². The number of benzene rings is 2. The van der Waals surface area contributed by atoms with Crippen LogP contribution in [0.2, 0.25) is 5.02 Å². The predicted molar refractivity (Wildman–Crippen MR) is 121 cm³/mol. The van der Waals surface area contributed by atoms with Crippen molar-refractivity contribution >= 4 is 23.5 Å². The van der Waals surface area contributed by atoms with E-state index in [1.54, 1.807) is 24.3 Å². The zero-order valence-corrected chi connectivity index (χ0v) is 18.4. The van der Waals surface area contributed by atoms with Crippen molar-refractivity contribution in [1.29, 1.82) is 0 Å². The highest BCUT2D eigenvalue weighted by Crippen LogP contribution is 2.29. The molecule has 1 unspecified atom stereocenters. The number of hydrogen-bond donors (Lipinski definition) is 2. The summed E-state index contributed by atoms with van der Waals surface area (Å²) >= 11 is 5.94. The molecule has 30 heavy (non-hydrogen) atoms. The van der Waals surface area contributed by atoms with Gasteiger partial charge in [0.15, 0.2) is 0 Å². The molecule has 5 nitrogen and oxygen atoms in total. The largest absolute Gasteiger partial charge is 0.345 e. The summed E-state index contributed by atoms with van der Waals surface area (Å²) in [5, 5.41) is 6.77. The van der Waals surface area contributed by atoms with Gasteiger partial charge in [-0.15, -0.1) is 0 Å². The van der Waals surface area contributed by atoms with Crippen LogP contribution in [0.25, 0.3) is 0 Å². The number of rotatable bonds is 6. The number of urea groups is 1. The first-order chi connectivity index (χ1) is 14.4. The van der Waals surface area contributed by atoms with Gasteiger partial charge in [0.25, 0.3) is 5.91 Å². The molecule has 0 aromatic heterocycles. The molecule has 0 radical (unpaired) electrons. The summed E-state index contributed by atoms with van der Waals surface area (Å²) in [5.74, 6) is 0.345. The molecule has 1 aliphatic heterocycles. The summed E-state index contributed by atoms with van der Waals surface area (Å²) in [5.41, 5.74) is 1.69. The van der Waals surface area contributed by atoms with Gasteiger partial charge < -0.3 is 15.5 Å². The normalized spacial score (nSPS) is 15.7. The third kappa shape index (κ3) is 6.23. The molecule has 2 aromatic carbocycles. The second kappa shape index (κ2) is 10.5. The SMILES string of the molecule is CC(C)NC(=O)N1CCC(CC(NC(=O)c2ccc(Cl)cc2)c2ccccc2)CC1. The highest BCUT2D eigenvalue weighted by atomic mass is 35.5. The van der Waals surface area contributed by atoms with Gasteiger partial charge in [-0.05, 0) is 68.9 Å². The maximum atomic E-state index is 12.8. The zero-order chi connectivity index (χ0) is 21.5. The minimum atomic E-state index is -0.103. The first-order valence-corrected chi connectivity index (χ1v) is 11.0. The van der Waals surface area contributed by atoms with Crippen molar-refractivity contribution in [3.63, 3.8) is 0 Å². The van der Waals surface area contributed by atoms with Crippen LogP contribution in [0.4, 0.5) is 4.79 Å². The summed E-state index contributed by atoms with van der Waals surface area (Å²) in [7, 11) is 0. The van der Waals surface area contributed by atoms with Gasteiger partial charge in [-0.3, -0.25) is 4.79 Å². The molecule has 0 bridgehead atoms. The van der Waals surface area contributed by atoms with E-state index in [0.717, 1.165) is 37.9 Å². The average molecular weight is 428 g/mol. The van der Waals surface area contributed by atoms with Gasteiger partial charge in [0.1, 0.15) is 0 Å². The quantitative estimate of drug-likeness (QED) is 0.679. The van der Waals surface area contributed by atoms with E-state index in [4.69, 9.17) is 11.6 Å². The van der Waals surface area contributed by atoms with E-state index in [1.165, 1.54) is 0 Å². The number of nitrogens with one attached hydrogen (secondary N) is 2. The first-order valence-electron chi connectivity index (χ1n) is 10.6. The summed E-state index contributed by atoms with van der Waals surface area (Å²) < 4.78 is 0. The van der Waals surface area contributed by atoms with Crippen molar-refractivity contribution in [1.82, 2.24) is 15.5 Å². The van der Waals surface area contributed by atoms with Gasteiger partial charge >= 0.3 is 6.03 Å². The van der Waals surface area contributed by atoms with Crippen LogP contribution in [-0.4, -0.2) is 36.0 Å². The molecule has 3 rings (SSSR count). The second-order valence-electron chi connectivity index (χ2n) is 8.21. The molecule has 6 heteroatoms. The lowest BCUT2D eigenvalue weighted by Gasteiger charge is -2.34. The van der Waals surface area contributed by atoms with Crippen molar-refractivity contribution in [3.05, 3.63) is 70.7 Å². The highest BCUT2D eigenvalue weighted by molar-refractivity contribution is 6.30. The number of carbonyl (C=O) groups excluding carboxylic acids is 2. The van der Waals surface area contributed by atoms with Crippen LogP contribution in [0.5, 0.6) is 0 Å². The van der Waals surface area contributed by atoms with Crippen LogP contribution in [0.15, 0.2) is 54.6 Å². The molecule has 1 saturated heterocycles. The summed E-state index contributed by atoms with van der Waals surface area (Å²) in [6.45, 7) is 5.43. The number of likely N-dealkylation sites (tertiary alicyclic amines) is 1. The molecule has 1 atom stereocenters. The van der Waals surface area contributed by atoms with Crippen LogP contribution in [0.1, 0.15) is 55.1 Å². The van der Waals surface area contributed by atoms with Crippen LogP contribution < -0.4 is 10.6 Å². The Balaban J connectivity index is 1.63. The van der Waals surface area contributed by atoms with E-state index in [1.807, 2.05) is 36.9 Å². The molecule has 0 spiro atoms. The fourth-order valence-corrected chi connectivity index (χ4v) is 3.98. The Labute approximate surface area is 183 Å². The molecule has 2 N–H and O–H groups in total. The number of carbonyl (C=O) groups is 2. The van der Waals surface area contributed by atoms with Gasteiger partial charge in [-0.1, -0.05) is 41.9 Å². The molecular formula is C24H30ClN3O2. The number of piperidine rings is 1. The molecule has 1 fully saturated rings. The van der Waals surface area contributed by atoms with Crippen LogP contribution in [-0.2, 0) is 0 Å². The number of hydrogen-bond acceptors (Lipinski definition) is 2. The smallest absolute Gasteiger partial charge is 0.317 e. The van der Waals surface area contributed by atoms with E-state index < -0.39 is 0 Å². The minimum Gasteiger partial charge on any atom is -0.345 e. The molecule has 1 heterocycles. The Hall–Kier alpha value is -2.53. The summed E-state index contributed by atoms with van der Waals surface area (Å²) in [4.78, 5) is 26.9. The van der Waals surface area contributed by atoms with Gasteiger partial charge in [-0.25, -0.2) is 4.79 Å². The van der Waals surface area contributed by atoms with Crippen molar-refractivity contribution in [2.45, 2.75) is 45.2 Å². The van der Waals surface area contributed by atoms with E-state index in [2.05, 4.69) is 22.8 Å². The fourth-order valence-electron chi connectivity index (χ4n) is 3.85. The molecular weight excluding hydrogens is 398 g/mol. The Kier molecular flexibility index (Phi) is 7.75. The predicted octanol–water partition coefficient (Wildman–Crippen LogP) is 5.03. The maximum Gasteiger partial charge on any atom is 0.317 e. The van der Waals surface area contributed by atoms with Gasteiger partial charge in [-0.2, -0.15) is 0 Å². The van der Waals surface area contributed by atoms with Crippen LogP contribution >= 0.6 is 11.6 Å². The molecule has 0 saturated carbocycles. The molecule has 1 aliphatic rings. The molecule has 160 valence electrons. The van der Waals surface area contributed by atoms with E-state index in [-0.39, 0.29) is 24.0 Å². The Morgan fingerprint density at radius 3 is 2.23 bits per heavy atom. The fraction of sp³-hybridized carbons (Fsp3) is 0.417. The average Bonchev–Trinajstić information content (AvgIpc) is 2.74. The highest BCUT2D eigenvalue weighted by Gasteiger charge is 2.26. The lowest BCUT2D eigenvalue weighted by molar-refractivity contribution is 0.0926. The Morgan fingerprint density at radius 2 is 1.63 bits per heavy atom. The van der Waals surface area contributed by atoms with E-state index in [9.17, 15) is 9.59 Å². The standard InChI is InChI=1S/C24H30ClN3O2/c1-17(2)26-24(30)28-14-12-18(13-15-28)16-22(19-6-4-3-5-7-19)27-23(29)20-8-10-21(25)11-9-20/h3-11,17-18,22H,12-16H2,1-2H3,(H,26,30)(H,27,29). The van der Waals surface area contributed by atoms with E-state index >= 15 is 0 Å². The third-order valence-corrected chi connectivity index (χ3v) is 5.75. The molecule has 3 amide bonds. The summed E-state index contributed by atoms with van der Waals surface area (Å²) in [6.07, 6.45) is 2.72. The molecule has 2 aromatic rings. The van der Waals surface area contributed by atoms with Crippen molar-refractivity contribution < 1.29 is 9.59 Å². The third-order valence-electron chi connectivity index (χ3n) is 5.50. The monoisotopic (exact) mass is 427 g/mol. The van der Waals surface area contributed by atoms with Gasteiger partial charge in [0, 0.05) is 29.7 Å². The summed E-state index contributed by atoms with van der Waals surface area (Å²) in [6, 6.07) is 17.1. The molecule has 0 aliphatic carbocycles. The lowest BCUT2D eigenvalue weighted by atomic mass is 9.87. The Bertz CT molecular complexity index is 831. The van der Waals surface area contributed by atoms with E-state index in [0.29, 0.717) is 16.5 Å². The second-order valence-corrected chi connectivity index (χ2v) is 8.65. The van der Waals surface area contributed by atoms with Crippen LogP contribution in [0.3, 0.4) is 0 Å². The number of amides is 3. The topological polar surface area (TPSA) is 61.4 Å². The zero-order valence-electron chi connectivity index (χ0n) is 17.6. The Morgan fingerprint density at radius 1 is 1.00 bits per heavy atom. The van der Waals surface area contributed by atoms with Gasteiger partial charge in [0.05, 0.1) is 6.04 Å². The minimum absolute atomic E-state index is 0.0131.